The van der Waals surface area contributed by atoms with E-state index in [4.69, 9.17) is 14.5 Å². The molecule has 2 atom stereocenters. The Bertz CT molecular complexity index is 642. The Morgan fingerprint density at radius 1 is 1.38 bits per heavy atom. The van der Waals surface area contributed by atoms with Gasteiger partial charge in [0.05, 0.1) is 26.7 Å². The minimum atomic E-state index is -0.153. The maximum Gasteiger partial charge on any atom is 0.310 e. The minimum absolute atomic E-state index is 0. The first-order chi connectivity index (χ1) is 12.0. The number of esters is 1. The van der Waals surface area contributed by atoms with Gasteiger partial charge in [0.2, 0.25) is 0 Å². The van der Waals surface area contributed by atoms with Crippen molar-refractivity contribution in [1.29, 1.82) is 0 Å². The molecule has 1 fully saturated rings. The van der Waals surface area contributed by atoms with Crippen LogP contribution in [0.1, 0.15) is 19.4 Å². The van der Waals surface area contributed by atoms with Crippen LogP contribution in [0.4, 0.5) is 0 Å². The van der Waals surface area contributed by atoms with Gasteiger partial charge in [0.1, 0.15) is 5.75 Å². The molecule has 6 nitrogen and oxygen atoms in total. The average Bonchev–Trinajstić information content (AvgIpc) is 2.99. The highest BCUT2D eigenvalue weighted by Crippen LogP contribution is 2.26. The lowest BCUT2D eigenvalue weighted by molar-refractivity contribution is -0.145. The summed E-state index contributed by atoms with van der Waals surface area (Å²) in [7, 11) is 3.10. The number of likely N-dealkylation sites (tertiary alicyclic amines) is 1. The van der Waals surface area contributed by atoms with E-state index in [-0.39, 0.29) is 41.8 Å². The summed E-state index contributed by atoms with van der Waals surface area (Å²) >= 11 is 3.49. The smallest absolute Gasteiger partial charge is 0.310 e. The minimum Gasteiger partial charge on any atom is -0.496 e. The van der Waals surface area contributed by atoms with Crippen LogP contribution >= 0.6 is 39.9 Å². The highest BCUT2D eigenvalue weighted by Gasteiger charge is 2.36. The summed E-state index contributed by atoms with van der Waals surface area (Å²) < 4.78 is 11.3. The van der Waals surface area contributed by atoms with Crippen LogP contribution in [0.3, 0.4) is 0 Å². The highest BCUT2D eigenvalue weighted by molar-refractivity contribution is 14.0. The zero-order valence-electron chi connectivity index (χ0n) is 15.6. The number of benzene rings is 1. The number of hydrogen-bond acceptors (Lipinski definition) is 4. The maximum atomic E-state index is 11.9. The molecule has 0 radical (unpaired) electrons. The van der Waals surface area contributed by atoms with E-state index in [0.29, 0.717) is 13.1 Å². The summed E-state index contributed by atoms with van der Waals surface area (Å²) in [6.45, 7) is 6.77. The van der Waals surface area contributed by atoms with Crippen molar-refractivity contribution >= 4 is 51.8 Å². The summed E-state index contributed by atoms with van der Waals surface area (Å²) in [5.74, 6) is 1.58. The van der Waals surface area contributed by atoms with Gasteiger partial charge in [-0.05, 0) is 31.0 Å². The molecule has 1 saturated heterocycles. The molecule has 1 N–H and O–H groups in total. The van der Waals surface area contributed by atoms with E-state index >= 15 is 0 Å². The highest BCUT2D eigenvalue weighted by atomic mass is 127. The summed E-state index contributed by atoms with van der Waals surface area (Å²) in [5.41, 5.74) is 1.00. The first-order valence-corrected chi connectivity index (χ1v) is 9.22. The van der Waals surface area contributed by atoms with Crippen LogP contribution in [0.15, 0.2) is 27.7 Å². The molecule has 1 aliphatic rings. The predicted molar refractivity (Wildman–Crippen MR) is 117 cm³/mol. The molecule has 0 amide bonds. The number of carbonyl (C=O) groups excluding carboxylic acids is 1. The first-order valence-electron chi connectivity index (χ1n) is 8.43. The summed E-state index contributed by atoms with van der Waals surface area (Å²) in [5, 5.41) is 3.32. The van der Waals surface area contributed by atoms with E-state index < -0.39 is 0 Å². The lowest BCUT2D eigenvalue weighted by Crippen LogP contribution is -2.40. The maximum absolute atomic E-state index is 11.9. The topological polar surface area (TPSA) is 63.2 Å². The third kappa shape index (κ3) is 5.73. The van der Waals surface area contributed by atoms with Gasteiger partial charge in [0.25, 0.3) is 0 Å². The van der Waals surface area contributed by atoms with E-state index in [1.165, 1.54) is 7.11 Å². The molecule has 0 aromatic heterocycles. The molecule has 0 aliphatic carbocycles. The van der Waals surface area contributed by atoms with Crippen molar-refractivity contribution < 1.29 is 14.3 Å². The van der Waals surface area contributed by atoms with Gasteiger partial charge in [0.15, 0.2) is 5.96 Å². The molecule has 1 heterocycles. The largest absolute Gasteiger partial charge is 0.496 e. The number of aliphatic imine (C=N–C) groups is 1. The van der Waals surface area contributed by atoms with Gasteiger partial charge in [-0.3, -0.25) is 4.79 Å². The number of ether oxygens (including phenoxy) is 2. The lowest BCUT2D eigenvalue weighted by Gasteiger charge is -2.21. The van der Waals surface area contributed by atoms with Crippen LogP contribution in [-0.4, -0.2) is 50.7 Å². The molecule has 1 aromatic rings. The van der Waals surface area contributed by atoms with Crippen molar-refractivity contribution in [3.63, 3.8) is 0 Å². The van der Waals surface area contributed by atoms with E-state index in [1.807, 2.05) is 25.1 Å². The fourth-order valence-corrected chi connectivity index (χ4v) is 3.46. The molecule has 0 bridgehead atoms. The summed E-state index contributed by atoms with van der Waals surface area (Å²) in [6.07, 6.45) is 0. The third-order valence-electron chi connectivity index (χ3n) is 4.39. The Balaban J connectivity index is 0.00000338. The Labute approximate surface area is 180 Å². The predicted octanol–water partition coefficient (Wildman–Crippen LogP) is 3.28. The van der Waals surface area contributed by atoms with Crippen LogP contribution in [0.25, 0.3) is 0 Å². The third-order valence-corrected chi connectivity index (χ3v) is 4.89. The quantitative estimate of drug-likeness (QED) is 0.269. The number of halogens is 2. The molecule has 0 spiro atoms. The Morgan fingerprint density at radius 3 is 2.73 bits per heavy atom. The molecule has 1 aliphatic heterocycles. The second-order valence-corrected chi connectivity index (χ2v) is 7.05. The van der Waals surface area contributed by atoms with Crippen LogP contribution in [0.2, 0.25) is 0 Å². The van der Waals surface area contributed by atoms with Gasteiger partial charge in [-0.2, -0.15) is 0 Å². The van der Waals surface area contributed by atoms with Crippen molar-refractivity contribution in [3.8, 4) is 5.75 Å². The second kappa shape index (κ2) is 11.0. The molecule has 1 aromatic carbocycles. The number of carbonyl (C=O) groups is 1. The van der Waals surface area contributed by atoms with Crippen molar-refractivity contribution in [2.75, 3.05) is 33.9 Å². The number of nitrogens with zero attached hydrogens (tertiary/aromatic N) is 2. The lowest BCUT2D eigenvalue weighted by atomic mass is 9.99. The fraction of sp³-hybridized carbons (Fsp3) is 0.556. The number of rotatable bonds is 5. The van der Waals surface area contributed by atoms with Gasteiger partial charge in [-0.15, -0.1) is 24.0 Å². The van der Waals surface area contributed by atoms with Crippen molar-refractivity contribution in [1.82, 2.24) is 10.2 Å². The van der Waals surface area contributed by atoms with Gasteiger partial charge in [-0.25, -0.2) is 4.99 Å². The molecular weight excluding hydrogens is 513 g/mol. The van der Waals surface area contributed by atoms with Gasteiger partial charge in [0, 0.05) is 29.7 Å². The molecule has 2 rings (SSSR count). The number of nitrogens with one attached hydrogen (secondary N) is 1. The van der Waals surface area contributed by atoms with Crippen LogP contribution in [-0.2, 0) is 16.1 Å². The van der Waals surface area contributed by atoms with Gasteiger partial charge < -0.3 is 19.7 Å². The first kappa shape index (κ1) is 23.0. The van der Waals surface area contributed by atoms with Crippen LogP contribution < -0.4 is 10.1 Å². The Morgan fingerprint density at radius 2 is 2.12 bits per heavy atom. The number of methoxy groups -OCH3 is 2. The standard InChI is InChI=1S/C18H26BrN3O3.HI/c1-5-20-18(22-10-12(2)15(11-22)17(23)25-4)21-9-13-8-14(19)6-7-16(13)24-3;/h6-8,12,15H,5,9-11H2,1-4H3,(H,20,21);1H. The monoisotopic (exact) mass is 539 g/mol. The van der Waals surface area contributed by atoms with E-state index in [2.05, 4.69) is 33.1 Å². The van der Waals surface area contributed by atoms with Crippen LogP contribution in [0, 0.1) is 11.8 Å². The van der Waals surface area contributed by atoms with Crippen LogP contribution in [0.5, 0.6) is 5.75 Å². The fourth-order valence-electron chi connectivity index (χ4n) is 3.05. The Kier molecular flexibility index (Phi) is 9.70. The summed E-state index contributed by atoms with van der Waals surface area (Å²) in [6, 6.07) is 5.88. The molecular formula is C18H27BrIN3O3. The normalized spacial score (nSPS) is 19.7. The van der Waals surface area contributed by atoms with Crippen molar-refractivity contribution in [2.24, 2.45) is 16.8 Å². The second-order valence-electron chi connectivity index (χ2n) is 6.14. The molecule has 26 heavy (non-hydrogen) atoms. The van der Waals surface area contributed by atoms with E-state index in [0.717, 1.165) is 34.8 Å². The number of guanidine groups is 1. The average molecular weight is 540 g/mol. The van der Waals surface area contributed by atoms with E-state index in [1.54, 1.807) is 7.11 Å². The molecule has 8 heteroatoms. The zero-order chi connectivity index (χ0) is 18.4. The Hall–Kier alpha value is -1.03. The SMILES string of the molecule is CCNC(=NCc1cc(Br)ccc1OC)N1CC(C)C(C(=O)OC)C1.I. The van der Waals surface area contributed by atoms with Gasteiger partial charge >= 0.3 is 5.97 Å². The summed E-state index contributed by atoms with van der Waals surface area (Å²) in [4.78, 5) is 18.8. The zero-order valence-corrected chi connectivity index (χ0v) is 19.5. The van der Waals surface area contributed by atoms with E-state index in [9.17, 15) is 4.79 Å². The molecule has 2 unspecified atom stereocenters. The molecule has 0 saturated carbocycles. The van der Waals surface area contributed by atoms with Crippen molar-refractivity contribution in [2.45, 2.75) is 20.4 Å². The number of hydrogen-bond donors (Lipinski definition) is 1. The molecule has 146 valence electrons. The van der Waals surface area contributed by atoms with Crippen molar-refractivity contribution in [3.05, 3.63) is 28.2 Å². The van der Waals surface area contributed by atoms with Gasteiger partial charge in [-0.1, -0.05) is 22.9 Å².